The minimum absolute atomic E-state index is 0.131. The summed E-state index contributed by atoms with van der Waals surface area (Å²) in [6.07, 6.45) is 9.10. The predicted molar refractivity (Wildman–Crippen MR) is 70.1 cm³/mol. The molecule has 0 aromatic heterocycles. The van der Waals surface area contributed by atoms with Gasteiger partial charge in [-0.2, -0.15) is 0 Å². The zero-order chi connectivity index (χ0) is 13.8. The van der Waals surface area contributed by atoms with Gasteiger partial charge in [-0.05, 0) is 26.3 Å². The number of hydrogen-bond acceptors (Lipinski definition) is 3. The van der Waals surface area contributed by atoms with Crippen molar-refractivity contribution in [2.75, 3.05) is 6.61 Å². The second-order valence-corrected chi connectivity index (χ2v) is 5.68. The molecule has 2 aliphatic heterocycles. The molecule has 3 rings (SSSR count). The van der Waals surface area contributed by atoms with Gasteiger partial charge in [0, 0.05) is 0 Å². The third-order valence-electron chi connectivity index (χ3n) is 4.26. The Morgan fingerprint density at radius 3 is 2.79 bits per heavy atom. The summed E-state index contributed by atoms with van der Waals surface area (Å²) in [7, 11) is 0. The van der Waals surface area contributed by atoms with Crippen molar-refractivity contribution in [2.45, 2.75) is 32.5 Å². The van der Waals surface area contributed by atoms with E-state index in [0.717, 1.165) is 5.57 Å². The number of ether oxygens (including phenoxy) is 1. The molecule has 2 unspecified atom stereocenters. The number of fused-ring (bicyclic) bond motifs is 3. The second-order valence-electron chi connectivity index (χ2n) is 5.68. The van der Waals surface area contributed by atoms with E-state index in [9.17, 15) is 9.59 Å². The standard InChI is InChI=1S/C15H17NO3/c1-10(17)15-8-6-4-5-7-11(15)12-9-19-14(2,3)16(12)13(15)18/h4-8,12H,9H2,1-3H3. The molecule has 19 heavy (non-hydrogen) atoms. The summed E-state index contributed by atoms with van der Waals surface area (Å²) in [6, 6.07) is -0.140. The van der Waals surface area contributed by atoms with Gasteiger partial charge in [-0.15, -0.1) is 0 Å². The van der Waals surface area contributed by atoms with Crippen LogP contribution in [0.15, 0.2) is 36.0 Å². The Kier molecular flexibility index (Phi) is 2.39. The number of amides is 1. The normalized spacial score (nSPS) is 34.9. The smallest absolute Gasteiger partial charge is 0.247 e. The van der Waals surface area contributed by atoms with Crippen molar-refractivity contribution in [2.24, 2.45) is 5.41 Å². The van der Waals surface area contributed by atoms with Crippen molar-refractivity contribution in [3.8, 4) is 0 Å². The van der Waals surface area contributed by atoms with Crippen LogP contribution in [0.3, 0.4) is 0 Å². The van der Waals surface area contributed by atoms with E-state index < -0.39 is 11.1 Å². The molecule has 0 N–H and O–H groups in total. The van der Waals surface area contributed by atoms with Crippen molar-refractivity contribution in [3.63, 3.8) is 0 Å². The molecule has 4 heteroatoms. The summed E-state index contributed by atoms with van der Waals surface area (Å²) < 4.78 is 5.70. The highest BCUT2D eigenvalue weighted by Gasteiger charge is 2.63. The van der Waals surface area contributed by atoms with Gasteiger partial charge in [-0.25, -0.2) is 0 Å². The summed E-state index contributed by atoms with van der Waals surface area (Å²) in [6.45, 7) is 5.66. The summed E-state index contributed by atoms with van der Waals surface area (Å²) in [5, 5.41) is 0. The quantitative estimate of drug-likeness (QED) is 0.672. The summed E-state index contributed by atoms with van der Waals surface area (Å²) >= 11 is 0. The average molecular weight is 259 g/mol. The molecule has 0 aromatic rings. The molecule has 1 amide bonds. The first-order valence-corrected chi connectivity index (χ1v) is 6.46. The molecular formula is C15H17NO3. The summed E-state index contributed by atoms with van der Waals surface area (Å²) in [5.41, 5.74) is -0.954. The zero-order valence-electron chi connectivity index (χ0n) is 11.3. The summed E-state index contributed by atoms with van der Waals surface area (Å²) in [4.78, 5) is 26.8. The number of Topliss-reactive ketones (excluding diaryl/α,β-unsaturated/α-hetero) is 1. The van der Waals surface area contributed by atoms with Gasteiger partial charge in [0.15, 0.2) is 5.78 Å². The van der Waals surface area contributed by atoms with Crippen LogP contribution in [0.2, 0.25) is 0 Å². The van der Waals surface area contributed by atoms with E-state index in [2.05, 4.69) is 0 Å². The molecule has 2 heterocycles. The van der Waals surface area contributed by atoms with Crippen LogP contribution >= 0.6 is 0 Å². The van der Waals surface area contributed by atoms with Gasteiger partial charge < -0.3 is 9.64 Å². The molecule has 0 bridgehead atoms. The highest BCUT2D eigenvalue weighted by atomic mass is 16.5. The van der Waals surface area contributed by atoms with Crippen LogP contribution < -0.4 is 0 Å². The largest absolute Gasteiger partial charge is 0.354 e. The fourth-order valence-corrected chi connectivity index (χ4v) is 3.30. The number of nitrogens with zero attached hydrogens (tertiary/aromatic N) is 1. The number of carbonyl (C=O) groups is 2. The maximum Gasteiger partial charge on any atom is 0.247 e. The topological polar surface area (TPSA) is 46.6 Å². The fraction of sp³-hybridized carbons (Fsp3) is 0.467. The Balaban J connectivity index is 2.22. The van der Waals surface area contributed by atoms with E-state index in [1.807, 2.05) is 32.1 Å². The van der Waals surface area contributed by atoms with E-state index in [4.69, 9.17) is 4.74 Å². The van der Waals surface area contributed by atoms with Gasteiger partial charge in [-0.1, -0.05) is 30.4 Å². The first-order chi connectivity index (χ1) is 8.91. The highest BCUT2D eigenvalue weighted by Crippen LogP contribution is 2.50. The Morgan fingerprint density at radius 2 is 2.11 bits per heavy atom. The lowest BCUT2D eigenvalue weighted by molar-refractivity contribution is -0.150. The van der Waals surface area contributed by atoms with Gasteiger partial charge in [0.2, 0.25) is 5.91 Å². The summed E-state index contributed by atoms with van der Waals surface area (Å²) in [5.74, 6) is -0.299. The lowest BCUT2D eigenvalue weighted by Crippen LogP contribution is -2.47. The maximum absolute atomic E-state index is 12.9. The fourth-order valence-electron chi connectivity index (χ4n) is 3.30. The van der Waals surface area contributed by atoms with Crippen LogP contribution in [0.1, 0.15) is 20.8 Å². The second kappa shape index (κ2) is 3.67. The molecule has 4 nitrogen and oxygen atoms in total. The number of rotatable bonds is 1. The first-order valence-electron chi connectivity index (χ1n) is 6.46. The number of allylic oxidation sites excluding steroid dienone is 4. The Morgan fingerprint density at radius 1 is 1.37 bits per heavy atom. The molecule has 0 spiro atoms. The monoisotopic (exact) mass is 259 g/mol. The van der Waals surface area contributed by atoms with Gasteiger partial charge in [0.1, 0.15) is 11.1 Å². The molecule has 2 fully saturated rings. The zero-order valence-corrected chi connectivity index (χ0v) is 11.3. The number of carbonyl (C=O) groups excluding carboxylic acids is 2. The van der Waals surface area contributed by atoms with Crippen molar-refractivity contribution in [3.05, 3.63) is 36.0 Å². The van der Waals surface area contributed by atoms with E-state index >= 15 is 0 Å². The SMILES string of the molecule is CC(=O)C12C=CC=CC=C1C1COC(C)(C)N1C2=O. The average Bonchev–Trinajstić information content (AvgIpc) is 2.66. The Labute approximate surface area is 112 Å². The minimum Gasteiger partial charge on any atom is -0.354 e. The molecule has 0 aromatic carbocycles. The highest BCUT2D eigenvalue weighted by molar-refractivity contribution is 6.13. The minimum atomic E-state index is -1.13. The van der Waals surface area contributed by atoms with Gasteiger partial charge >= 0.3 is 0 Å². The van der Waals surface area contributed by atoms with Crippen molar-refractivity contribution in [1.82, 2.24) is 4.90 Å². The van der Waals surface area contributed by atoms with Crippen LogP contribution in [0.25, 0.3) is 0 Å². The molecule has 0 radical (unpaired) electrons. The molecule has 3 aliphatic rings. The third-order valence-corrected chi connectivity index (χ3v) is 4.26. The van der Waals surface area contributed by atoms with Crippen LogP contribution in [0, 0.1) is 5.41 Å². The number of ketones is 1. The van der Waals surface area contributed by atoms with Crippen molar-refractivity contribution in [1.29, 1.82) is 0 Å². The van der Waals surface area contributed by atoms with Crippen LogP contribution in [-0.2, 0) is 14.3 Å². The van der Waals surface area contributed by atoms with Gasteiger partial charge in [-0.3, -0.25) is 9.59 Å². The van der Waals surface area contributed by atoms with E-state index in [1.54, 1.807) is 17.1 Å². The molecule has 2 saturated heterocycles. The molecule has 1 aliphatic carbocycles. The first kappa shape index (κ1) is 12.4. The number of hydrogen-bond donors (Lipinski definition) is 0. The van der Waals surface area contributed by atoms with E-state index in [0.29, 0.717) is 6.61 Å². The predicted octanol–water partition coefficient (Wildman–Crippen LogP) is 1.59. The van der Waals surface area contributed by atoms with Gasteiger partial charge in [0.25, 0.3) is 0 Å². The lowest BCUT2D eigenvalue weighted by Gasteiger charge is -2.31. The van der Waals surface area contributed by atoms with E-state index in [1.165, 1.54) is 6.92 Å². The van der Waals surface area contributed by atoms with Crippen LogP contribution in [0.5, 0.6) is 0 Å². The van der Waals surface area contributed by atoms with Gasteiger partial charge in [0.05, 0.1) is 12.6 Å². The van der Waals surface area contributed by atoms with Crippen LogP contribution in [0.4, 0.5) is 0 Å². The third kappa shape index (κ3) is 1.38. The molecule has 2 atom stereocenters. The van der Waals surface area contributed by atoms with Crippen molar-refractivity contribution >= 4 is 11.7 Å². The maximum atomic E-state index is 12.9. The molecule has 0 saturated carbocycles. The van der Waals surface area contributed by atoms with Crippen LogP contribution in [-0.4, -0.2) is 35.0 Å². The molecule has 100 valence electrons. The van der Waals surface area contributed by atoms with E-state index in [-0.39, 0.29) is 17.7 Å². The van der Waals surface area contributed by atoms with Crippen molar-refractivity contribution < 1.29 is 14.3 Å². The molecular weight excluding hydrogens is 242 g/mol. The Hall–Kier alpha value is -1.68. The Bertz CT molecular complexity index is 556. The lowest BCUT2D eigenvalue weighted by atomic mass is 9.76.